The van der Waals surface area contributed by atoms with Crippen LogP contribution in [-0.4, -0.2) is 35.6 Å². The second-order valence-corrected chi connectivity index (χ2v) is 7.67. The molecule has 2 fully saturated rings. The van der Waals surface area contributed by atoms with Crippen LogP contribution in [0.5, 0.6) is 0 Å². The zero-order valence-electron chi connectivity index (χ0n) is 19.3. The molecule has 0 aromatic heterocycles. The Balaban J connectivity index is 0.000000320. The van der Waals surface area contributed by atoms with E-state index in [2.05, 4.69) is 58.0 Å². The molecule has 5 nitrogen and oxygen atoms in total. The maximum absolute atomic E-state index is 11.3. The van der Waals surface area contributed by atoms with E-state index in [0.29, 0.717) is 37.8 Å². The van der Waals surface area contributed by atoms with Gasteiger partial charge in [0, 0.05) is 44.2 Å². The monoisotopic (exact) mass is 436 g/mol. The fraction of sp³-hybridized carbons (Fsp3) is 0.630. The van der Waals surface area contributed by atoms with Crippen molar-refractivity contribution < 1.29 is 14.7 Å². The lowest BCUT2D eigenvalue weighted by Crippen LogP contribution is -2.24. The summed E-state index contributed by atoms with van der Waals surface area (Å²) in [6, 6.07) is 0.926. The molecule has 0 heterocycles. The van der Waals surface area contributed by atoms with Gasteiger partial charge in [0.05, 0.1) is 12.8 Å². The number of hydrogen-bond acceptors (Lipinski definition) is 3. The first-order chi connectivity index (χ1) is 15.7. The first kappa shape index (κ1) is 27.2. The van der Waals surface area contributed by atoms with Crippen molar-refractivity contribution in [1.82, 2.24) is 10.6 Å². The summed E-state index contributed by atoms with van der Waals surface area (Å²) >= 11 is 0. The summed E-state index contributed by atoms with van der Waals surface area (Å²) in [4.78, 5) is 22.5. The van der Waals surface area contributed by atoms with Gasteiger partial charge in [0.25, 0.3) is 0 Å². The number of carbonyl (C=O) groups excluding carboxylic acids is 2. The highest BCUT2D eigenvalue weighted by atomic mass is 16.2. The summed E-state index contributed by atoms with van der Waals surface area (Å²) in [6.45, 7) is 1.92. The van der Waals surface area contributed by atoms with Gasteiger partial charge in [-0.2, -0.15) is 0 Å². The predicted octanol–water partition coefficient (Wildman–Crippen LogP) is 3.07. The Morgan fingerprint density at radius 3 is 1.56 bits per heavy atom. The van der Waals surface area contributed by atoms with Crippen molar-refractivity contribution in [2.75, 3.05) is 6.61 Å². The average Bonchev–Trinajstić information content (AvgIpc) is 3.70. The topological polar surface area (TPSA) is 78.4 Å². The van der Waals surface area contributed by atoms with Crippen LogP contribution >= 0.6 is 0 Å². The van der Waals surface area contributed by atoms with E-state index in [1.807, 2.05) is 6.92 Å². The molecule has 2 aliphatic rings. The van der Waals surface area contributed by atoms with Crippen LogP contribution in [0, 0.1) is 47.4 Å². The molecule has 5 heteroatoms. The molecule has 0 saturated heterocycles. The van der Waals surface area contributed by atoms with E-state index in [4.69, 9.17) is 5.11 Å². The number of nitrogens with one attached hydrogen (secondary N) is 2. The molecule has 0 bridgehead atoms. The summed E-state index contributed by atoms with van der Waals surface area (Å²) in [5.41, 5.74) is 0. The highest BCUT2D eigenvalue weighted by molar-refractivity contribution is 5.76. The third-order valence-corrected chi connectivity index (χ3v) is 4.41. The lowest BCUT2D eigenvalue weighted by molar-refractivity contribution is -0.122. The molecule has 0 spiro atoms. The molecule has 0 aliphatic heterocycles. The molecule has 0 aromatic carbocycles. The van der Waals surface area contributed by atoms with Gasteiger partial charge >= 0.3 is 0 Å². The Labute approximate surface area is 193 Å². The minimum absolute atomic E-state index is 0.108. The minimum atomic E-state index is -0.108. The number of aliphatic hydroxyl groups is 1. The summed E-state index contributed by atoms with van der Waals surface area (Å²) < 4.78 is 0. The van der Waals surface area contributed by atoms with Crippen molar-refractivity contribution >= 4 is 11.8 Å². The standard InChI is InChI=1S/C14H19NO.C13H17NO2/c1-2-3-4-5-6-7-8-9-10-14(16)15-13-11-12-13;15-11-7-5-3-1-2-4-6-8-13(16)14-12-9-10-12/h13H,2,5,8-12H2,1H3,(H,15,16);12,15H,3-4,6,8-11H2,(H,14,16). The highest BCUT2D eigenvalue weighted by Crippen LogP contribution is 2.19. The molecule has 0 radical (unpaired) electrons. The highest BCUT2D eigenvalue weighted by Gasteiger charge is 2.23. The number of amides is 2. The van der Waals surface area contributed by atoms with Gasteiger partial charge in [-0.05, 0) is 38.5 Å². The van der Waals surface area contributed by atoms with Crippen LogP contribution in [0.25, 0.3) is 0 Å². The zero-order chi connectivity index (χ0) is 23.3. The van der Waals surface area contributed by atoms with E-state index >= 15 is 0 Å². The molecule has 2 amide bonds. The van der Waals surface area contributed by atoms with Crippen molar-refractivity contribution in [3.8, 4) is 47.4 Å². The molecule has 172 valence electrons. The average molecular weight is 437 g/mol. The maximum Gasteiger partial charge on any atom is 0.220 e. The van der Waals surface area contributed by atoms with Gasteiger partial charge in [0.1, 0.15) is 6.61 Å². The summed E-state index contributed by atoms with van der Waals surface area (Å²) in [5.74, 6) is 23.4. The fourth-order valence-corrected chi connectivity index (χ4v) is 2.43. The van der Waals surface area contributed by atoms with E-state index in [-0.39, 0.29) is 18.4 Å². The van der Waals surface area contributed by atoms with Crippen LogP contribution in [0.15, 0.2) is 0 Å². The second-order valence-electron chi connectivity index (χ2n) is 7.67. The second kappa shape index (κ2) is 18.9. The van der Waals surface area contributed by atoms with Crippen molar-refractivity contribution in [3.05, 3.63) is 0 Å². The Bertz CT molecular complexity index is 740. The van der Waals surface area contributed by atoms with Gasteiger partial charge in [-0.3, -0.25) is 9.59 Å². The Hall–Kier alpha value is -2.86. The summed E-state index contributed by atoms with van der Waals surface area (Å²) in [7, 11) is 0. The fourth-order valence-electron chi connectivity index (χ4n) is 2.43. The molecule has 2 saturated carbocycles. The Morgan fingerprint density at radius 1 is 0.719 bits per heavy atom. The normalized spacial score (nSPS) is 13.1. The smallest absolute Gasteiger partial charge is 0.220 e. The lowest BCUT2D eigenvalue weighted by atomic mass is 10.2. The van der Waals surface area contributed by atoms with Crippen LogP contribution in [0.4, 0.5) is 0 Å². The number of aliphatic hydroxyl groups excluding tert-OH is 1. The third kappa shape index (κ3) is 19.1. The van der Waals surface area contributed by atoms with Crippen LogP contribution in [0.1, 0.15) is 90.4 Å². The van der Waals surface area contributed by atoms with Crippen LogP contribution < -0.4 is 10.6 Å². The van der Waals surface area contributed by atoms with Crippen molar-refractivity contribution in [2.24, 2.45) is 0 Å². The number of carbonyl (C=O) groups is 2. The molecule has 0 unspecified atom stereocenters. The van der Waals surface area contributed by atoms with Crippen LogP contribution in [0.3, 0.4) is 0 Å². The van der Waals surface area contributed by atoms with Gasteiger partial charge in [0.15, 0.2) is 0 Å². The summed E-state index contributed by atoms with van der Waals surface area (Å²) in [6.07, 6.45) is 11.0. The van der Waals surface area contributed by atoms with Crippen LogP contribution in [0.2, 0.25) is 0 Å². The minimum Gasteiger partial charge on any atom is -0.384 e. The van der Waals surface area contributed by atoms with E-state index in [1.54, 1.807) is 0 Å². The number of rotatable bonds is 8. The molecule has 0 atom stereocenters. The van der Waals surface area contributed by atoms with Gasteiger partial charge in [-0.25, -0.2) is 0 Å². The molecule has 0 aromatic rings. The Kier molecular flexibility index (Phi) is 16.0. The predicted molar refractivity (Wildman–Crippen MR) is 128 cm³/mol. The quantitative estimate of drug-likeness (QED) is 0.404. The van der Waals surface area contributed by atoms with Gasteiger partial charge in [-0.15, -0.1) is 17.8 Å². The molecule has 32 heavy (non-hydrogen) atoms. The van der Waals surface area contributed by atoms with Crippen molar-refractivity contribution in [2.45, 2.75) is 102 Å². The van der Waals surface area contributed by atoms with E-state index in [0.717, 1.165) is 57.8 Å². The SMILES string of the molecule is CCC#CCC#CCCCC(=O)NC1CC1.O=C(CCCC#CCC#CCO)NC1CC1. The molecule has 2 aliphatic carbocycles. The zero-order valence-corrected chi connectivity index (χ0v) is 19.3. The van der Waals surface area contributed by atoms with E-state index in [1.165, 1.54) is 0 Å². The van der Waals surface area contributed by atoms with Gasteiger partial charge < -0.3 is 15.7 Å². The van der Waals surface area contributed by atoms with E-state index in [9.17, 15) is 9.59 Å². The lowest BCUT2D eigenvalue weighted by Gasteiger charge is -2.00. The maximum atomic E-state index is 11.3. The largest absolute Gasteiger partial charge is 0.384 e. The third-order valence-electron chi connectivity index (χ3n) is 4.41. The van der Waals surface area contributed by atoms with E-state index < -0.39 is 0 Å². The van der Waals surface area contributed by atoms with Gasteiger partial charge in [-0.1, -0.05) is 36.5 Å². The molecule has 3 N–H and O–H groups in total. The van der Waals surface area contributed by atoms with Crippen molar-refractivity contribution in [3.63, 3.8) is 0 Å². The molecule has 2 rings (SSSR count). The summed E-state index contributed by atoms with van der Waals surface area (Å²) in [5, 5.41) is 14.3. The molecular weight excluding hydrogens is 400 g/mol. The first-order valence-corrected chi connectivity index (χ1v) is 11.7. The Morgan fingerprint density at radius 2 is 1.16 bits per heavy atom. The van der Waals surface area contributed by atoms with Crippen LogP contribution in [-0.2, 0) is 9.59 Å². The first-order valence-electron chi connectivity index (χ1n) is 11.7. The number of unbranched alkanes of at least 4 members (excludes halogenated alkanes) is 2. The number of hydrogen-bond donors (Lipinski definition) is 3. The van der Waals surface area contributed by atoms with Gasteiger partial charge in [0.2, 0.25) is 11.8 Å². The van der Waals surface area contributed by atoms with Crippen molar-refractivity contribution in [1.29, 1.82) is 0 Å². The molecular formula is C27H36N2O3.